The van der Waals surface area contributed by atoms with Gasteiger partial charge in [-0.15, -0.1) is 11.8 Å². The predicted molar refractivity (Wildman–Crippen MR) is 83.5 cm³/mol. The van der Waals surface area contributed by atoms with Crippen molar-refractivity contribution >= 4 is 11.8 Å². The van der Waals surface area contributed by atoms with Gasteiger partial charge in [0, 0.05) is 10.2 Å². The molecule has 0 spiro atoms. The molecule has 0 fully saturated rings. The van der Waals surface area contributed by atoms with Crippen LogP contribution in [-0.4, -0.2) is 5.25 Å². The molecule has 0 radical (unpaired) electrons. The highest BCUT2D eigenvalue weighted by molar-refractivity contribution is 8.03. The zero-order valence-electron chi connectivity index (χ0n) is 12.0. The largest absolute Gasteiger partial charge is 0.123 e. The lowest BCUT2D eigenvalue weighted by molar-refractivity contribution is 0.631. The molecule has 0 aliphatic rings. The van der Waals surface area contributed by atoms with Crippen LogP contribution in [0.5, 0.6) is 0 Å². The summed E-state index contributed by atoms with van der Waals surface area (Å²) in [6.45, 7) is 12.7. The maximum Gasteiger partial charge on any atom is 0.0100 e. The van der Waals surface area contributed by atoms with Gasteiger partial charge in [-0.05, 0) is 31.9 Å². The molecule has 0 aliphatic heterocycles. The van der Waals surface area contributed by atoms with Gasteiger partial charge in [-0.2, -0.15) is 0 Å². The van der Waals surface area contributed by atoms with Crippen LogP contribution in [0.25, 0.3) is 0 Å². The smallest absolute Gasteiger partial charge is 0.0100 e. The molecule has 0 heterocycles. The van der Waals surface area contributed by atoms with Crippen LogP contribution in [0.2, 0.25) is 0 Å². The number of allylic oxidation sites excluding steroid dienone is 4. The second-order valence-corrected chi connectivity index (χ2v) is 6.00. The van der Waals surface area contributed by atoms with Crippen LogP contribution in [0.15, 0.2) is 35.3 Å². The van der Waals surface area contributed by atoms with Crippen molar-refractivity contribution in [1.82, 2.24) is 0 Å². The van der Waals surface area contributed by atoms with Crippen molar-refractivity contribution in [2.24, 2.45) is 0 Å². The first-order valence-electron chi connectivity index (χ1n) is 6.78. The van der Waals surface area contributed by atoms with Crippen LogP contribution in [-0.2, 0) is 0 Å². The van der Waals surface area contributed by atoms with Crippen molar-refractivity contribution in [3.63, 3.8) is 0 Å². The van der Waals surface area contributed by atoms with E-state index in [1.165, 1.54) is 42.6 Å². The molecule has 0 aromatic rings. The van der Waals surface area contributed by atoms with Crippen LogP contribution in [0.3, 0.4) is 0 Å². The van der Waals surface area contributed by atoms with Gasteiger partial charge in [0.2, 0.25) is 0 Å². The molecule has 98 valence electrons. The molecule has 0 nitrogen and oxygen atoms in total. The van der Waals surface area contributed by atoms with Gasteiger partial charge in [-0.1, -0.05) is 58.3 Å². The van der Waals surface area contributed by atoms with Gasteiger partial charge in [-0.3, -0.25) is 0 Å². The third-order valence-electron chi connectivity index (χ3n) is 2.88. The molecule has 0 N–H and O–H groups in total. The normalized spacial score (nSPS) is 14.8. The van der Waals surface area contributed by atoms with Gasteiger partial charge in [0.25, 0.3) is 0 Å². The van der Waals surface area contributed by atoms with Crippen molar-refractivity contribution < 1.29 is 0 Å². The Morgan fingerprint density at radius 3 is 2.53 bits per heavy atom. The summed E-state index contributed by atoms with van der Waals surface area (Å²) in [7, 11) is 0. The number of thioether (sulfide) groups is 1. The molecular weight excluding hydrogens is 224 g/mol. The fourth-order valence-corrected chi connectivity index (χ4v) is 2.84. The highest BCUT2D eigenvalue weighted by Gasteiger charge is 2.07. The molecule has 0 saturated heterocycles. The Labute approximate surface area is 112 Å². The van der Waals surface area contributed by atoms with Crippen molar-refractivity contribution in [2.45, 2.75) is 65.0 Å². The second-order valence-electron chi connectivity index (χ2n) is 4.52. The van der Waals surface area contributed by atoms with E-state index >= 15 is 0 Å². The monoisotopic (exact) mass is 252 g/mol. The van der Waals surface area contributed by atoms with Gasteiger partial charge < -0.3 is 0 Å². The summed E-state index contributed by atoms with van der Waals surface area (Å²) in [5.74, 6) is 0. The molecule has 0 rings (SSSR count). The molecule has 0 saturated carbocycles. The standard InChI is InChI=1S/C16H28S/c1-6-9-10-11-13-15(5)17-16(12-7-2)14(4)8-3/h7-8,12,15H,2,6,9-11,13H2,1,3-5H3/b14-8+,16-12-. The molecule has 0 amide bonds. The summed E-state index contributed by atoms with van der Waals surface area (Å²) in [4.78, 5) is 1.37. The Hall–Kier alpha value is -0.430. The highest BCUT2D eigenvalue weighted by atomic mass is 32.2. The summed E-state index contributed by atoms with van der Waals surface area (Å²) in [6, 6.07) is 0. The molecule has 0 aromatic heterocycles. The number of rotatable bonds is 9. The lowest BCUT2D eigenvalue weighted by atomic mass is 10.1. The maximum absolute atomic E-state index is 3.79. The minimum atomic E-state index is 0.702. The molecule has 0 aliphatic carbocycles. The third-order valence-corrected chi connectivity index (χ3v) is 4.23. The first-order valence-corrected chi connectivity index (χ1v) is 7.66. The maximum atomic E-state index is 3.79. The van der Waals surface area contributed by atoms with Crippen LogP contribution in [0.1, 0.15) is 59.8 Å². The van der Waals surface area contributed by atoms with E-state index < -0.39 is 0 Å². The molecule has 0 bridgehead atoms. The summed E-state index contributed by atoms with van der Waals surface area (Å²) in [5.41, 5.74) is 1.36. The van der Waals surface area contributed by atoms with E-state index in [4.69, 9.17) is 0 Å². The summed E-state index contributed by atoms with van der Waals surface area (Å²) >= 11 is 1.98. The quantitative estimate of drug-likeness (QED) is 0.352. The fraction of sp³-hybridized carbons (Fsp3) is 0.625. The Kier molecular flexibility index (Phi) is 10.4. The van der Waals surface area contributed by atoms with E-state index in [1.54, 1.807) is 0 Å². The van der Waals surface area contributed by atoms with E-state index in [9.17, 15) is 0 Å². The lowest BCUT2D eigenvalue weighted by Crippen LogP contribution is -1.97. The van der Waals surface area contributed by atoms with E-state index in [0.717, 1.165) is 0 Å². The van der Waals surface area contributed by atoms with E-state index in [-0.39, 0.29) is 0 Å². The van der Waals surface area contributed by atoms with Crippen molar-refractivity contribution in [3.05, 3.63) is 35.3 Å². The SMILES string of the molecule is C=C/C=C(SC(C)CCCCCC)/C(C)=C/C. The number of hydrogen-bond donors (Lipinski definition) is 0. The molecule has 0 aromatic carbocycles. The Bertz CT molecular complexity index is 261. The van der Waals surface area contributed by atoms with Crippen LogP contribution >= 0.6 is 11.8 Å². The van der Waals surface area contributed by atoms with Gasteiger partial charge >= 0.3 is 0 Å². The highest BCUT2D eigenvalue weighted by Crippen LogP contribution is 2.30. The molecule has 1 unspecified atom stereocenters. The van der Waals surface area contributed by atoms with Gasteiger partial charge in [0.15, 0.2) is 0 Å². The van der Waals surface area contributed by atoms with Gasteiger partial charge in [0.1, 0.15) is 0 Å². The second kappa shape index (κ2) is 10.7. The minimum Gasteiger partial charge on any atom is -0.123 e. The van der Waals surface area contributed by atoms with Crippen LogP contribution in [0.4, 0.5) is 0 Å². The third kappa shape index (κ3) is 8.31. The Morgan fingerprint density at radius 1 is 1.29 bits per heavy atom. The van der Waals surface area contributed by atoms with E-state index in [1.807, 2.05) is 17.8 Å². The minimum absolute atomic E-state index is 0.702. The average Bonchev–Trinajstić information content (AvgIpc) is 2.33. The summed E-state index contributed by atoms with van der Waals surface area (Å²) < 4.78 is 0. The Balaban J connectivity index is 4.09. The molecule has 17 heavy (non-hydrogen) atoms. The molecule has 1 heteroatoms. The topological polar surface area (TPSA) is 0 Å². The van der Waals surface area contributed by atoms with Gasteiger partial charge in [0.05, 0.1) is 0 Å². The van der Waals surface area contributed by atoms with Crippen LogP contribution < -0.4 is 0 Å². The van der Waals surface area contributed by atoms with Crippen molar-refractivity contribution in [2.75, 3.05) is 0 Å². The number of hydrogen-bond acceptors (Lipinski definition) is 1. The first kappa shape index (κ1) is 16.6. The molecule has 1 atom stereocenters. The summed E-state index contributed by atoms with van der Waals surface area (Å²) in [5, 5.41) is 0.702. The predicted octanol–water partition coefficient (Wildman–Crippen LogP) is 6.11. The number of unbranched alkanes of at least 4 members (excludes halogenated alkanes) is 3. The van der Waals surface area contributed by atoms with Crippen LogP contribution in [0, 0.1) is 0 Å². The average molecular weight is 252 g/mol. The Morgan fingerprint density at radius 2 is 2.00 bits per heavy atom. The zero-order chi connectivity index (χ0) is 13.1. The first-order chi connectivity index (χ1) is 8.15. The lowest BCUT2D eigenvalue weighted by Gasteiger charge is -2.14. The van der Waals surface area contributed by atoms with E-state index in [0.29, 0.717) is 5.25 Å². The van der Waals surface area contributed by atoms with Crippen molar-refractivity contribution in [3.8, 4) is 0 Å². The van der Waals surface area contributed by atoms with Crippen molar-refractivity contribution in [1.29, 1.82) is 0 Å². The van der Waals surface area contributed by atoms with E-state index in [2.05, 4.69) is 46.4 Å². The summed E-state index contributed by atoms with van der Waals surface area (Å²) in [6.07, 6.45) is 12.9. The molecular formula is C16H28S. The fourth-order valence-electron chi connectivity index (χ4n) is 1.65. The van der Waals surface area contributed by atoms with Gasteiger partial charge in [-0.25, -0.2) is 0 Å². The zero-order valence-corrected chi connectivity index (χ0v) is 12.8.